The normalized spacial score (nSPS) is 16.2. The largest absolute Gasteiger partial charge is 0.356 e. The maximum Gasteiger partial charge on any atom is 0.226 e. The van der Waals surface area contributed by atoms with Crippen molar-refractivity contribution in [3.63, 3.8) is 0 Å². The summed E-state index contributed by atoms with van der Waals surface area (Å²) < 4.78 is 5.21. The van der Waals surface area contributed by atoms with Gasteiger partial charge in [-0.1, -0.05) is 33.2 Å². The number of carbonyl (C=O) groups excluding carboxylic acids is 1. The predicted molar refractivity (Wildman–Crippen MR) is 80.8 cm³/mol. The quantitative estimate of drug-likeness (QED) is 0.825. The van der Waals surface area contributed by atoms with E-state index in [2.05, 4.69) is 26.4 Å². The highest BCUT2D eigenvalue weighted by Gasteiger charge is 2.41. The van der Waals surface area contributed by atoms with E-state index in [0.29, 0.717) is 11.1 Å². The molecule has 0 radical (unpaired) electrons. The molecule has 2 aromatic rings. The first-order valence-corrected chi connectivity index (χ1v) is 8.01. The maximum absolute atomic E-state index is 12.0. The number of aromatic nitrogens is 1. The fraction of sp³-hybridized carbons (Fsp3) is 0.467. The minimum Gasteiger partial charge on any atom is -0.356 e. The lowest BCUT2D eigenvalue weighted by Gasteiger charge is -2.14. The van der Waals surface area contributed by atoms with E-state index in [9.17, 15) is 4.79 Å². The Morgan fingerprint density at radius 3 is 2.95 bits per heavy atom. The summed E-state index contributed by atoms with van der Waals surface area (Å²) in [5, 5.41) is 8.94. The first kappa shape index (κ1) is 13.6. The molecule has 0 bridgehead atoms. The lowest BCUT2D eigenvalue weighted by molar-refractivity contribution is -0.120. The molecule has 1 aliphatic rings. The van der Waals surface area contributed by atoms with E-state index in [-0.39, 0.29) is 12.3 Å². The molecule has 0 saturated heterocycles. The van der Waals surface area contributed by atoms with Gasteiger partial charge in [-0.3, -0.25) is 4.79 Å². The second-order valence-electron chi connectivity index (χ2n) is 5.52. The molecule has 4 nitrogen and oxygen atoms in total. The van der Waals surface area contributed by atoms with Crippen LogP contribution in [0.15, 0.2) is 28.8 Å². The molecule has 0 aliphatic heterocycles. The molecule has 3 rings (SSSR count). The molecular weight excluding hydrogens is 320 g/mol. The van der Waals surface area contributed by atoms with Gasteiger partial charge in [0.2, 0.25) is 5.91 Å². The van der Waals surface area contributed by atoms with Crippen LogP contribution < -0.4 is 5.32 Å². The minimum absolute atomic E-state index is 0.0184. The van der Waals surface area contributed by atoms with Crippen molar-refractivity contribution in [1.82, 2.24) is 10.5 Å². The third kappa shape index (κ3) is 2.87. The lowest BCUT2D eigenvalue weighted by Crippen LogP contribution is -2.31. The Morgan fingerprint density at radius 2 is 2.20 bits per heavy atom. The number of para-hydroxylation sites is 1. The van der Waals surface area contributed by atoms with Crippen LogP contribution in [0.5, 0.6) is 0 Å². The van der Waals surface area contributed by atoms with E-state index >= 15 is 0 Å². The molecule has 1 saturated carbocycles. The monoisotopic (exact) mass is 336 g/mol. The summed E-state index contributed by atoms with van der Waals surface area (Å²) in [6.07, 6.45) is 3.83. The van der Waals surface area contributed by atoms with Gasteiger partial charge >= 0.3 is 0 Å². The van der Waals surface area contributed by atoms with Crippen molar-refractivity contribution in [3.8, 4) is 0 Å². The van der Waals surface area contributed by atoms with Gasteiger partial charge in [-0.25, -0.2) is 0 Å². The van der Waals surface area contributed by atoms with E-state index in [1.54, 1.807) is 0 Å². The molecule has 1 aliphatic carbocycles. The number of amides is 1. The highest BCUT2D eigenvalue weighted by molar-refractivity contribution is 9.09. The summed E-state index contributed by atoms with van der Waals surface area (Å²) in [5.74, 6) is 0.0184. The lowest BCUT2D eigenvalue weighted by atomic mass is 10.0. The average Bonchev–Trinajstić information content (AvgIpc) is 3.11. The number of fused-ring (bicyclic) bond motifs is 1. The maximum atomic E-state index is 12.0. The first-order chi connectivity index (χ1) is 9.72. The smallest absolute Gasteiger partial charge is 0.226 e. The summed E-state index contributed by atoms with van der Waals surface area (Å²) in [7, 11) is 0. The Bertz CT molecular complexity index is 619. The molecule has 0 spiro atoms. The summed E-state index contributed by atoms with van der Waals surface area (Å²) in [6, 6.07) is 7.62. The van der Waals surface area contributed by atoms with Crippen LogP contribution in [0, 0.1) is 5.41 Å². The summed E-state index contributed by atoms with van der Waals surface area (Å²) in [4.78, 5) is 12.0. The van der Waals surface area contributed by atoms with E-state index in [0.717, 1.165) is 29.3 Å². The van der Waals surface area contributed by atoms with E-state index in [1.165, 1.54) is 12.8 Å². The van der Waals surface area contributed by atoms with E-state index in [1.807, 2.05) is 24.3 Å². The third-order valence-corrected chi connectivity index (χ3v) is 4.42. The van der Waals surface area contributed by atoms with Crippen molar-refractivity contribution in [3.05, 3.63) is 30.0 Å². The van der Waals surface area contributed by atoms with Crippen molar-refractivity contribution >= 4 is 32.8 Å². The van der Waals surface area contributed by atoms with Crippen molar-refractivity contribution in [2.75, 3.05) is 11.9 Å². The molecule has 1 aromatic carbocycles. The number of nitrogens with zero attached hydrogens (tertiary/aromatic N) is 1. The molecule has 1 N–H and O–H groups in total. The third-order valence-electron chi connectivity index (χ3n) is 4.02. The number of benzene rings is 1. The average molecular weight is 337 g/mol. The van der Waals surface area contributed by atoms with Gasteiger partial charge < -0.3 is 9.84 Å². The van der Waals surface area contributed by atoms with E-state index in [4.69, 9.17) is 4.52 Å². The zero-order valence-electron chi connectivity index (χ0n) is 11.2. The van der Waals surface area contributed by atoms with Crippen LogP contribution in [0.1, 0.15) is 25.0 Å². The molecule has 1 aromatic heterocycles. The van der Waals surface area contributed by atoms with Gasteiger partial charge in [0, 0.05) is 17.3 Å². The van der Waals surface area contributed by atoms with Gasteiger partial charge in [0.15, 0.2) is 5.58 Å². The fourth-order valence-corrected chi connectivity index (χ4v) is 3.30. The number of nitrogens with one attached hydrogen (secondary N) is 1. The highest BCUT2D eigenvalue weighted by Crippen LogP contribution is 2.48. The van der Waals surface area contributed by atoms with Gasteiger partial charge in [-0.15, -0.1) is 0 Å². The molecule has 1 amide bonds. The van der Waals surface area contributed by atoms with Crippen LogP contribution in [-0.4, -0.2) is 22.9 Å². The van der Waals surface area contributed by atoms with Crippen molar-refractivity contribution in [2.24, 2.45) is 5.41 Å². The number of carbonyl (C=O) groups is 1. The van der Waals surface area contributed by atoms with Gasteiger partial charge in [-0.2, -0.15) is 0 Å². The molecule has 1 heterocycles. The Hall–Kier alpha value is -1.36. The first-order valence-electron chi connectivity index (χ1n) is 6.88. The molecule has 20 heavy (non-hydrogen) atoms. The van der Waals surface area contributed by atoms with Gasteiger partial charge in [0.25, 0.3) is 0 Å². The fourth-order valence-electron chi connectivity index (χ4n) is 2.46. The summed E-state index contributed by atoms with van der Waals surface area (Å²) >= 11 is 3.47. The van der Waals surface area contributed by atoms with Crippen LogP contribution in [0.2, 0.25) is 0 Å². The molecule has 1 fully saturated rings. The van der Waals surface area contributed by atoms with Crippen LogP contribution in [0.4, 0.5) is 0 Å². The zero-order chi connectivity index (χ0) is 14.0. The molecule has 106 valence electrons. The summed E-state index contributed by atoms with van der Waals surface area (Å²) in [6.45, 7) is 0.771. The molecular formula is C15H17BrN2O2. The highest BCUT2D eigenvalue weighted by atomic mass is 79.9. The minimum atomic E-state index is 0.0184. The number of alkyl halides is 1. The van der Waals surface area contributed by atoms with Crippen LogP contribution >= 0.6 is 15.9 Å². The number of hydrogen-bond acceptors (Lipinski definition) is 3. The van der Waals surface area contributed by atoms with Crippen molar-refractivity contribution in [1.29, 1.82) is 0 Å². The Balaban J connectivity index is 1.59. The number of halogens is 1. The van der Waals surface area contributed by atoms with Crippen LogP contribution in [0.25, 0.3) is 11.0 Å². The van der Waals surface area contributed by atoms with Gasteiger partial charge in [0.05, 0.1) is 6.42 Å². The van der Waals surface area contributed by atoms with Gasteiger partial charge in [0.1, 0.15) is 5.69 Å². The second-order valence-corrected chi connectivity index (χ2v) is 6.31. The number of hydrogen-bond donors (Lipinski definition) is 1. The topological polar surface area (TPSA) is 55.1 Å². The Kier molecular flexibility index (Phi) is 3.78. The van der Waals surface area contributed by atoms with Crippen LogP contribution in [0.3, 0.4) is 0 Å². The second kappa shape index (κ2) is 5.56. The predicted octanol–water partition coefficient (Wildman–Crippen LogP) is 3.05. The molecule has 0 atom stereocenters. The Labute approximate surface area is 126 Å². The van der Waals surface area contributed by atoms with Crippen LogP contribution in [-0.2, 0) is 11.2 Å². The number of rotatable bonds is 6. The van der Waals surface area contributed by atoms with Crippen molar-refractivity contribution < 1.29 is 9.32 Å². The zero-order valence-corrected chi connectivity index (χ0v) is 12.8. The standard InChI is InChI=1S/C15H17BrN2O2/c16-8-7-15(5-6-15)10-17-14(19)9-12-11-3-1-2-4-13(11)20-18-12/h1-4H,5-10H2,(H,17,19). The molecule has 5 heteroatoms. The SMILES string of the molecule is O=C(Cc1noc2ccccc12)NCC1(CCBr)CC1. The van der Waals surface area contributed by atoms with Crippen molar-refractivity contribution in [2.45, 2.75) is 25.7 Å². The van der Waals surface area contributed by atoms with Gasteiger partial charge in [-0.05, 0) is 36.8 Å². The molecule has 0 unspecified atom stereocenters. The summed E-state index contributed by atoms with van der Waals surface area (Å²) in [5.41, 5.74) is 1.78. The van der Waals surface area contributed by atoms with E-state index < -0.39 is 0 Å². The Morgan fingerprint density at radius 1 is 1.40 bits per heavy atom.